The molecule has 0 saturated heterocycles. The number of aryl methyl sites for hydroxylation is 1. The number of nitriles is 1. The van der Waals surface area contributed by atoms with Gasteiger partial charge in [0.05, 0.1) is 24.8 Å². The zero-order valence-corrected chi connectivity index (χ0v) is 9.66. The van der Waals surface area contributed by atoms with E-state index in [9.17, 15) is 5.11 Å². The molecular weight excluding hydrogens is 230 g/mol. The van der Waals surface area contributed by atoms with Gasteiger partial charge in [0.15, 0.2) is 0 Å². The number of aromatic hydroxyl groups is 1. The van der Waals surface area contributed by atoms with Crippen molar-refractivity contribution in [2.24, 2.45) is 5.73 Å². The van der Waals surface area contributed by atoms with Gasteiger partial charge in [-0.05, 0) is 6.92 Å². The van der Waals surface area contributed by atoms with E-state index in [1.54, 1.807) is 6.92 Å². The second-order valence-corrected chi connectivity index (χ2v) is 3.26. The van der Waals surface area contributed by atoms with Crippen molar-refractivity contribution < 1.29 is 10.2 Å². The molecule has 0 unspecified atom stereocenters. The number of halogens is 1. The fourth-order valence-electron chi connectivity index (χ4n) is 1.39. The molecule has 0 fully saturated rings. The van der Waals surface area contributed by atoms with Crippen LogP contribution < -0.4 is 5.73 Å². The number of nitrogens with zero attached hydrogens (tertiary/aromatic N) is 2. The van der Waals surface area contributed by atoms with E-state index in [0.29, 0.717) is 16.8 Å². The average Bonchev–Trinajstić information content (AvgIpc) is 2.22. The average molecular weight is 244 g/mol. The molecule has 6 heteroatoms. The molecule has 0 saturated carbocycles. The molecule has 0 aromatic carbocycles. The SMILES string of the molecule is Cc1ncc(CO)c([C@H](N)CC#N)c1O.Cl. The predicted molar refractivity (Wildman–Crippen MR) is 61.0 cm³/mol. The Hall–Kier alpha value is -1.35. The first-order valence-electron chi connectivity index (χ1n) is 4.52. The number of aromatic nitrogens is 1. The maximum Gasteiger partial charge on any atom is 0.141 e. The van der Waals surface area contributed by atoms with Gasteiger partial charge in [-0.2, -0.15) is 5.26 Å². The van der Waals surface area contributed by atoms with Crippen LogP contribution in [-0.4, -0.2) is 15.2 Å². The Bertz CT molecular complexity index is 404. The number of pyridine rings is 1. The molecule has 1 aromatic rings. The molecule has 0 aliphatic rings. The molecule has 0 spiro atoms. The molecule has 88 valence electrons. The largest absolute Gasteiger partial charge is 0.506 e. The number of nitrogens with two attached hydrogens (primary N) is 1. The van der Waals surface area contributed by atoms with Gasteiger partial charge in [-0.25, -0.2) is 0 Å². The lowest BCUT2D eigenvalue weighted by molar-refractivity contribution is 0.278. The second-order valence-electron chi connectivity index (χ2n) is 3.26. The van der Waals surface area contributed by atoms with Gasteiger partial charge in [0.1, 0.15) is 5.75 Å². The summed E-state index contributed by atoms with van der Waals surface area (Å²) >= 11 is 0. The Balaban J connectivity index is 0.00000225. The van der Waals surface area contributed by atoms with Gasteiger partial charge in [-0.15, -0.1) is 12.4 Å². The van der Waals surface area contributed by atoms with Crippen LogP contribution in [0.15, 0.2) is 6.20 Å². The molecule has 16 heavy (non-hydrogen) atoms. The van der Waals surface area contributed by atoms with Crippen LogP contribution >= 0.6 is 12.4 Å². The van der Waals surface area contributed by atoms with E-state index in [1.165, 1.54) is 6.20 Å². The number of aliphatic hydroxyl groups excluding tert-OH is 1. The van der Waals surface area contributed by atoms with Gasteiger partial charge < -0.3 is 15.9 Å². The zero-order valence-electron chi connectivity index (χ0n) is 8.84. The van der Waals surface area contributed by atoms with E-state index in [-0.39, 0.29) is 31.2 Å². The topological polar surface area (TPSA) is 103 Å². The summed E-state index contributed by atoms with van der Waals surface area (Å²) in [5.74, 6) is -0.0377. The molecule has 1 aromatic heterocycles. The summed E-state index contributed by atoms with van der Waals surface area (Å²) in [5.41, 5.74) is 7.04. The van der Waals surface area contributed by atoms with E-state index >= 15 is 0 Å². The Labute approximate surface area is 99.9 Å². The molecule has 1 rings (SSSR count). The molecule has 1 atom stereocenters. The van der Waals surface area contributed by atoms with Gasteiger partial charge in [0.2, 0.25) is 0 Å². The van der Waals surface area contributed by atoms with Crippen LogP contribution in [0.1, 0.15) is 29.3 Å². The van der Waals surface area contributed by atoms with E-state index in [0.717, 1.165) is 0 Å². The van der Waals surface area contributed by atoms with Crippen LogP contribution in [0.5, 0.6) is 5.75 Å². The molecule has 0 amide bonds. The molecular formula is C10H14ClN3O2. The number of aliphatic hydroxyl groups is 1. The Morgan fingerprint density at radius 3 is 2.75 bits per heavy atom. The maximum absolute atomic E-state index is 9.74. The van der Waals surface area contributed by atoms with Crippen molar-refractivity contribution >= 4 is 12.4 Å². The molecule has 1 heterocycles. The summed E-state index contributed by atoms with van der Waals surface area (Å²) < 4.78 is 0. The van der Waals surface area contributed by atoms with E-state index < -0.39 is 6.04 Å². The summed E-state index contributed by atoms with van der Waals surface area (Å²) in [6, 6.07) is 1.33. The molecule has 0 radical (unpaired) electrons. The van der Waals surface area contributed by atoms with Crippen molar-refractivity contribution in [3.8, 4) is 11.8 Å². The number of rotatable bonds is 3. The van der Waals surface area contributed by atoms with Crippen molar-refractivity contribution in [3.63, 3.8) is 0 Å². The molecule has 4 N–H and O–H groups in total. The van der Waals surface area contributed by atoms with Crippen LogP contribution in [0.25, 0.3) is 0 Å². The summed E-state index contributed by atoms with van der Waals surface area (Å²) in [6.07, 6.45) is 1.55. The zero-order chi connectivity index (χ0) is 11.4. The normalized spacial score (nSPS) is 11.4. The number of hydrogen-bond acceptors (Lipinski definition) is 5. The lowest BCUT2D eigenvalue weighted by Crippen LogP contribution is -2.13. The highest BCUT2D eigenvalue weighted by Gasteiger charge is 2.17. The predicted octanol–water partition coefficient (Wildman–Crippen LogP) is 0.923. The van der Waals surface area contributed by atoms with Crippen LogP contribution in [0.2, 0.25) is 0 Å². The fourth-order valence-corrected chi connectivity index (χ4v) is 1.39. The van der Waals surface area contributed by atoms with Crippen LogP contribution in [0, 0.1) is 18.3 Å². The van der Waals surface area contributed by atoms with Crippen LogP contribution in [0.3, 0.4) is 0 Å². The van der Waals surface area contributed by atoms with Crippen molar-refractivity contribution in [2.75, 3.05) is 0 Å². The smallest absolute Gasteiger partial charge is 0.141 e. The van der Waals surface area contributed by atoms with Gasteiger partial charge >= 0.3 is 0 Å². The van der Waals surface area contributed by atoms with Gasteiger partial charge in [-0.3, -0.25) is 4.98 Å². The highest BCUT2D eigenvalue weighted by Crippen LogP contribution is 2.29. The molecule has 5 nitrogen and oxygen atoms in total. The first kappa shape index (κ1) is 14.6. The van der Waals surface area contributed by atoms with E-state index in [4.69, 9.17) is 16.1 Å². The first-order valence-corrected chi connectivity index (χ1v) is 4.52. The van der Waals surface area contributed by atoms with E-state index in [2.05, 4.69) is 4.98 Å². The second kappa shape index (κ2) is 6.28. The van der Waals surface area contributed by atoms with Gasteiger partial charge in [-0.1, -0.05) is 0 Å². The highest BCUT2D eigenvalue weighted by atomic mass is 35.5. The lowest BCUT2D eigenvalue weighted by Gasteiger charge is -2.15. The Morgan fingerprint density at radius 1 is 1.62 bits per heavy atom. The first-order chi connectivity index (χ1) is 7.11. The quantitative estimate of drug-likeness (QED) is 0.733. The maximum atomic E-state index is 9.74. The summed E-state index contributed by atoms with van der Waals surface area (Å²) in [7, 11) is 0. The third-order valence-corrected chi connectivity index (χ3v) is 2.21. The standard InChI is InChI=1S/C10H13N3O2.ClH/c1-6-10(15)9(8(12)2-3-11)7(5-14)4-13-6;/h4,8,14-15H,2,5,12H2,1H3;1H/t8-;/m1./s1. The summed E-state index contributed by atoms with van der Waals surface area (Å²) in [6.45, 7) is 1.38. The van der Waals surface area contributed by atoms with Crippen molar-refractivity contribution in [1.82, 2.24) is 4.98 Å². The van der Waals surface area contributed by atoms with Crippen LogP contribution in [0.4, 0.5) is 0 Å². The minimum atomic E-state index is -0.598. The summed E-state index contributed by atoms with van der Waals surface area (Å²) in [5, 5.41) is 27.3. The molecule has 0 aliphatic heterocycles. The third-order valence-electron chi connectivity index (χ3n) is 2.21. The van der Waals surface area contributed by atoms with Crippen LogP contribution in [-0.2, 0) is 6.61 Å². The lowest BCUT2D eigenvalue weighted by atomic mass is 9.99. The fraction of sp³-hybridized carbons (Fsp3) is 0.400. The minimum absolute atomic E-state index is 0. The van der Waals surface area contributed by atoms with Gasteiger partial charge in [0, 0.05) is 23.4 Å². The Kier molecular flexibility index (Phi) is 5.75. The Morgan fingerprint density at radius 2 is 2.25 bits per heavy atom. The van der Waals surface area contributed by atoms with Gasteiger partial charge in [0.25, 0.3) is 0 Å². The molecule has 0 aliphatic carbocycles. The highest BCUT2D eigenvalue weighted by molar-refractivity contribution is 5.85. The van der Waals surface area contributed by atoms with E-state index in [1.807, 2.05) is 6.07 Å². The van der Waals surface area contributed by atoms with Crippen molar-refractivity contribution in [1.29, 1.82) is 5.26 Å². The monoisotopic (exact) mass is 243 g/mol. The third kappa shape index (κ3) is 2.83. The molecule has 0 bridgehead atoms. The minimum Gasteiger partial charge on any atom is -0.506 e. The summed E-state index contributed by atoms with van der Waals surface area (Å²) in [4.78, 5) is 3.90. The van der Waals surface area contributed by atoms with Crippen molar-refractivity contribution in [3.05, 3.63) is 23.0 Å². The number of hydrogen-bond donors (Lipinski definition) is 3. The van der Waals surface area contributed by atoms with Crippen molar-refractivity contribution in [2.45, 2.75) is 26.0 Å².